The highest BCUT2D eigenvalue weighted by Crippen LogP contribution is 2.14. The van der Waals surface area contributed by atoms with Gasteiger partial charge in [0.05, 0.1) is 0 Å². The van der Waals surface area contributed by atoms with Gasteiger partial charge in [-0.25, -0.2) is 9.97 Å². The lowest BCUT2D eigenvalue weighted by atomic mass is 10.1. The van der Waals surface area contributed by atoms with E-state index >= 15 is 0 Å². The average Bonchev–Trinajstić information content (AvgIpc) is 2.30. The number of aldehydes is 1. The molecule has 2 rings (SSSR count). The highest BCUT2D eigenvalue weighted by Gasteiger charge is 1.98. The summed E-state index contributed by atoms with van der Waals surface area (Å²) in [5, 5.41) is 0. The van der Waals surface area contributed by atoms with Crippen molar-refractivity contribution in [3.8, 4) is 11.1 Å². The second-order valence-corrected chi connectivity index (χ2v) is 2.72. The van der Waals surface area contributed by atoms with Crippen LogP contribution in [-0.2, 0) is 0 Å². The van der Waals surface area contributed by atoms with Gasteiger partial charge < -0.3 is 0 Å². The van der Waals surface area contributed by atoms with Crippen LogP contribution in [0.3, 0.4) is 0 Å². The third-order valence-corrected chi connectivity index (χ3v) is 1.80. The van der Waals surface area contributed by atoms with E-state index < -0.39 is 0 Å². The van der Waals surface area contributed by atoms with Crippen LogP contribution >= 0.6 is 0 Å². The maximum atomic E-state index is 10.4. The Kier molecular flexibility index (Phi) is 2.27. The van der Waals surface area contributed by atoms with E-state index in [1.54, 1.807) is 24.7 Å². The highest BCUT2D eigenvalue weighted by molar-refractivity contribution is 5.73. The summed E-state index contributed by atoms with van der Waals surface area (Å²) in [6.07, 6.45) is 7.21. The fourth-order valence-electron chi connectivity index (χ4n) is 1.09. The third kappa shape index (κ3) is 1.64. The van der Waals surface area contributed by atoms with E-state index in [9.17, 15) is 4.79 Å². The number of carbonyl (C=O) groups excluding carboxylic acids is 1. The summed E-state index contributed by atoms with van der Waals surface area (Å²) in [7, 11) is 0. The highest BCUT2D eigenvalue weighted by atomic mass is 16.1. The van der Waals surface area contributed by atoms with Crippen molar-refractivity contribution in [2.75, 3.05) is 0 Å². The van der Waals surface area contributed by atoms with E-state index in [1.165, 1.54) is 6.33 Å². The lowest BCUT2D eigenvalue weighted by Gasteiger charge is -1.98. The van der Waals surface area contributed by atoms with Crippen molar-refractivity contribution in [1.82, 2.24) is 15.0 Å². The summed E-state index contributed by atoms with van der Waals surface area (Å²) in [5.41, 5.74) is 2.21. The Bertz CT molecular complexity index is 425. The van der Waals surface area contributed by atoms with Crippen molar-refractivity contribution in [3.63, 3.8) is 0 Å². The fourth-order valence-corrected chi connectivity index (χ4v) is 1.09. The summed E-state index contributed by atoms with van der Waals surface area (Å²) in [6, 6.07) is 3.48. The van der Waals surface area contributed by atoms with Gasteiger partial charge in [-0.15, -0.1) is 0 Å². The molecule has 2 aromatic rings. The Balaban J connectivity index is 2.39. The smallest absolute Gasteiger partial charge is 0.168 e. The molecule has 2 aromatic heterocycles. The molecule has 0 N–H and O–H groups in total. The van der Waals surface area contributed by atoms with Crippen molar-refractivity contribution in [1.29, 1.82) is 0 Å². The standard InChI is InChI=1S/C10H7N3O/c14-6-10-2-1-8(5-13-10)9-3-11-7-12-4-9/h1-7H. The van der Waals surface area contributed by atoms with Crippen LogP contribution in [0.2, 0.25) is 0 Å². The Morgan fingerprint density at radius 2 is 1.79 bits per heavy atom. The van der Waals surface area contributed by atoms with E-state index in [4.69, 9.17) is 0 Å². The first-order chi connectivity index (χ1) is 6.90. The van der Waals surface area contributed by atoms with Crippen LogP contribution in [0.1, 0.15) is 10.5 Å². The van der Waals surface area contributed by atoms with Crippen molar-refractivity contribution < 1.29 is 4.79 Å². The molecule has 0 saturated carbocycles. The number of hydrogen-bond donors (Lipinski definition) is 0. The van der Waals surface area contributed by atoms with Crippen LogP contribution in [0.15, 0.2) is 37.1 Å². The molecule has 14 heavy (non-hydrogen) atoms. The normalized spacial score (nSPS) is 9.71. The summed E-state index contributed by atoms with van der Waals surface area (Å²) in [5.74, 6) is 0. The minimum atomic E-state index is 0.422. The zero-order chi connectivity index (χ0) is 9.80. The van der Waals surface area contributed by atoms with Crippen molar-refractivity contribution >= 4 is 6.29 Å². The van der Waals surface area contributed by atoms with Crippen LogP contribution < -0.4 is 0 Å². The monoisotopic (exact) mass is 185 g/mol. The SMILES string of the molecule is O=Cc1ccc(-c2cncnc2)cn1. The molecule has 0 aliphatic rings. The molecule has 0 aliphatic carbocycles. The van der Waals surface area contributed by atoms with Gasteiger partial charge in [-0.05, 0) is 6.07 Å². The number of hydrogen-bond acceptors (Lipinski definition) is 4. The van der Waals surface area contributed by atoms with Gasteiger partial charge in [0, 0.05) is 29.7 Å². The van der Waals surface area contributed by atoms with Crippen LogP contribution in [-0.4, -0.2) is 21.2 Å². The minimum Gasteiger partial charge on any atom is -0.296 e. The van der Waals surface area contributed by atoms with E-state index in [1.807, 2.05) is 6.07 Å². The van der Waals surface area contributed by atoms with Gasteiger partial charge in [-0.2, -0.15) is 0 Å². The third-order valence-electron chi connectivity index (χ3n) is 1.80. The maximum absolute atomic E-state index is 10.4. The molecule has 0 amide bonds. The van der Waals surface area contributed by atoms with Crippen LogP contribution in [0.5, 0.6) is 0 Å². The average molecular weight is 185 g/mol. The molecule has 0 aromatic carbocycles. The molecule has 0 aliphatic heterocycles. The zero-order valence-electron chi connectivity index (χ0n) is 7.29. The number of pyridine rings is 1. The Morgan fingerprint density at radius 3 is 2.36 bits per heavy atom. The Hall–Kier alpha value is -2.10. The molecule has 0 fully saturated rings. The molecular formula is C10H7N3O. The van der Waals surface area contributed by atoms with Crippen LogP contribution in [0, 0.1) is 0 Å². The number of nitrogens with zero attached hydrogens (tertiary/aromatic N) is 3. The van der Waals surface area contributed by atoms with Crippen molar-refractivity contribution in [3.05, 3.63) is 42.7 Å². The lowest BCUT2D eigenvalue weighted by Crippen LogP contribution is -1.87. The number of aromatic nitrogens is 3. The lowest BCUT2D eigenvalue weighted by molar-refractivity contribution is 0.111. The topological polar surface area (TPSA) is 55.7 Å². The molecule has 2 heterocycles. The largest absolute Gasteiger partial charge is 0.296 e. The number of rotatable bonds is 2. The van der Waals surface area contributed by atoms with E-state index in [0.29, 0.717) is 12.0 Å². The molecule has 0 bridgehead atoms. The first-order valence-corrected chi connectivity index (χ1v) is 4.07. The molecule has 68 valence electrons. The summed E-state index contributed by atoms with van der Waals surface area (Å²) in [6.45, 7) is 0. The fraction of sp³-hybridized carbons (Fsp3) is 0. The molecule has 4 nitrogen and oxygen atoms in total. The first-order valence-electron chi connectivity index (χ1n) is 4.07. The molecule has 0 radical (unpaired) electrons. The summed E-state index contributed by atoms with van der Waals surface area (Å²) < 4.78 is 0. The first kappa shape index (κ1) is 8.50. The van der Waals surface area contributed by atoms with Gasteiger partial charge in [0.2, 0.25) is 0 Å². The van der Waals surface area contributed by atoms with Gasteiger partial charge in [0.15, 0.2) is 6.29 Å². The molecule has 0 unspecified atom stereocenters. The van der Waals surface area contributed by atoms with Gasteiger partial charge >= 0.3 is 0 Å². The molecule has 0 atom stereocenters. The second kappa shape index (κ2) is 3.74. The molecular weight excluding hydrogens is 178 g/mol. The summed E-state index contributed by atoms with van der Waals surface area (Å²) >= 11 is 0. The van der Waals surface area contributed by atoms with E-state index in [-0.39, 0.29) is 0 Å². The quantitative estimate of drug-likeness (QED) is 0.662. The summed E-state index contributed by atoms with van der Waals surface area (Å²) in [4.78, 5) is 22.1. The minimum absolute atomic E-state index is 0.422. The van der Waals surface area contributed by atoms with Gasteiger partial charge in [-0.1, -0.05) is 6.07 Å². The van der Waals surface area contributed by atoms with E-state index in [2.05, 4.69) is 15.0 Å². The Morgan fingerprint density at radius 1 is 1.00 bits per heavy atom. The predicted octanol–water partition coefficient (Wildman–Crippen LogP) is 1.35. The van der Waals surface area contributed by atoms with E-state index in [0.717, 1.165) is 11.1 Å². The predicted molar refractivity (Wildman–Crippen MR) is 50.7 cm³/mol. The molecule has 4 heteroatoms. The van der Waals surface area contributed by atoms with Crippen molar-refractivity contribution in [2.45, 2.75) is 0 Å². The van der Waals surface area contributed by atoms with Crippen molar-refractivity contribution in [2.24, 2.45) is 0 Å². The Labute approximate surface area is 80.7 Å². The van der Waals surface area contributed by atoms with Crippen LogP contribution in [0.4, 0.5) is 0 Å². The van der Waals surface area contributed by atoms with Gasteiger partial charge in [0.25, 0.3) is 0 Å². The van der Waals surface area contributed by atoms with Crippen LogP contribution in [0.25, 0.3) is 11.1 Å². The number of carbonyl (C=O) groups is 1. The zero-order valence-corrected chi connectivity index (χ0v) is 7.29. The molecule has 0 spiro atoms. The second-order valence-electron chi connectivity index (χ2n) is 2.72. The van der Waals surface area contributed by atoms with Gasteiger partial charge in [-0.3, -0.25) is 9.78 Å². The van der Waals surface area contributed by atoms with Gasteiger partial charge in [0.1, 0.15) is 12.0 Å². The molecule has 0 saturated heterocycles. The maximum Gasteiger partial charge on any atom is 0.168 e.